The molecule has 2 heterocycles. The second-order valence-electron chi connectivity index (χ2n) is 8.98. The summed E-state index contributed by atoms with van der Waals surface area (Å²) in [5.74, 6) is 0.167. The summed E-state index contributed by atoms with van der Waals surface area (Å²) in [6.07, 6.45) is 9.67. The van der Waals surface area contributed by atoms with E-state index in [4.69, 9.17) is 19.0 Å². The molecule has 0 unspecified atom stereocenters. The Morgan fingerprint density at radius 3 is 2.30 bits per heavy atom. The second-order valence-corrected chi connectivity index (χ2v) is 8.98. The minimum absolute atomic E-state index is 0.244. The average molecular weight is 497 g/mol. The van der Waals surface area contributed by atoms with Crippen molar-refractivity contribution in [3.8, 4) is 16.8 Å². The number of aromatic nitrogens is 2. The van der Waals surface area contributed by atoms with Crippen LogP contribution in [0.5, 0.6) is 0 Å². The maximum Gasteiger partial charge on any atom is 0.123 e. The molecule has 1 aliphatic carbocycles. The number of hydrogen-bond donors (Lipinski definition) is 3. The van der Waals surface area contributed by atoms with E-state index < -0.39 is 0 Å². The van der Waals surface area contributed by atoms with Crippen LogP contribution in [-0.2, 0) is 6.32 Å². The quantitative estimate of drug-likeness (QED) is 0.230. The van der Waals surface area contributed by atoms with Gasteiger partial charge >= 0.3 is 0 Å². The number of fused-ring (bicyclic) bond motifs is 1. The number of nitrogens with one attached hydrogen (secondary N) is 1. The van der Waals surface area contributed by atoms with Crippen molar-refractivity contribution in [1.29, 1.82) is 5.41 Å². The van der Waals surface area contributed by atoms with E-state index in [1.165, 1.54) is 55.9 Å². The lowest BCUT2D eigenvalue weighted by molar-refractivity contribution is 0.434. The molecule has 0 atom stereocenters. The van der Waals surface area contributed by atoms with E-state index in [0.717, 1.165) is 52.8 Å². The Bertz CT molecular complexity index is 1280. The van der Waals surface area contributed by atoms with Crippen LogP contribution in [0.3, 0.4) is 0 Å². The fourth-order valence-corrected chi connectivity index (χ4v) is 5.04. The first-order valence-corrected chi connectivity index (χ1v) is 13.0. The van der Waals surface area contributed by atoms with Crippen LogP contribution in [0, 0.1) is 11.2 Å². The zero-order valence-corrected chi connectivity index (χ0v) is 21.9. The van der Waals surface area contributed by atoms with E-state index in [0.29, 0.717) is 12.2 Å². The van der Waals surface area contributed by atoms with Gasteiger partial charge in [0.2, 0.25) is 0 Å². The van der Waals surface area contributed by atoms with Crippen molar-refractivity contribution in [1.82, 2.24) is 9.55 Å². The van der Waals surface area contributed by atoms with Gasteiger partial charge in [0.05, 0.1) is 13.4 Å². The molecule has 0 saturated heterocycles. The highest BCUT2D eigenvalue weighted by Crippen LogP contribution is 2.45. The van der Waals surface area contributed by atoms with Crippen molar-refractivity contribution in [3.05, 3.63) is 83.6 Å². The molecule has 2 aromatic heterocycles. The van der Waals surface area contributed by atoms with Gasteiger partial charge in [-0.1, -0.05) is 44.4 Å². The van der Waals surface area contributed by atoms with Gasteiger partial charge in [-0.05, 0) is 74.7 Å². The predicted octanol–water partition coefficient (Wildman–Crippen LogP) is 6.09. The maximum atomic E-state index is 13.8. The van der Waals surface area contributed by atoms with Crippen LogP contribution < -0.4 is 11.5 Å². The van der Waals surface area contributed by atoms with Crippen LogP contribution in [0.1, 0.15) is 61.9 Å². The van der Waals surface area contributed by atoms with Crippen LogP contribution >= 0.6 is 0 Å². The van der Waals surface area contributed by atoms with Gasteiger partial charge in [0.15, 0.2) is 0 Å². The van der Waals surface area contributed by atoms with Gasteiger partial charge in [-0.15, -0.1) is 0 Å². The summed E-state index contributed by atoms with van der Waals surface area (Å²) < 4.78 is 16.1. The second kappa shape index (κ2) is 13.9. The van der Waals surface area contributed by atoms with Gasteiger partial charge in [0.25, 0.3) is 0 Å². The Labute approximate surface area is 221 Å². The Kier molecular flexibility index (Phi) is 10.6. The summed E-state index contributed by atoms with van der Waals surface area (Å²) in [5, 5.41) is 8.91. The van der Waals surface area contributed by atoms with Gasteiger partial charge in [-0.25, -0.2) is 4.39 Å². The standard InChI is InChI=1S/C27H25BFN3.C2H7N.CH5N/c28-15-22-10-7-20(17-31-22)26-24-13-6-18(16-30)14-25(24)32(23-11-8-21(29)9-12-23)27(26)19-4-2-1-3-5-19;1-2-3;1-2/h6-14,16-17,19,30H,1-5,15H2;2-3H2,1H3;2H2,1H3. The van der Waals surface area contributed by atoms with E-state index in [2.05, 4.69) is 33.5 Å². The Balaban J connectivity index is 0.000000711. The first-order valence-electron chi connectivity index (χ1n) is 13.0. The molecule has 1 fully saturated rings. The highest BCUT2D eigenvalue weighted by molar-refractivity contribution is 6.08. The van der Waals surface area contributed by atoms with E-state index in [1.807, 2.05) is 37.4 Å². The fourth-order valence-electron chi connectivity index (χ4n) is 5.04. The smallest absolute Gasteiger partial charge is 0.123 e. The summed E-state index contributed by atoms with van der Waals surface area (Å²) in [5.41, 5.74) is 16.5. The first kappa shape index (κ1) is 28.3. The monoisotopic (exact) mass is 497 g/mol. The molecule has 5 N–H and O–H groups in total. The molecule has 192 valence electrons. The summed E-state index contributed by atoms with van der Waals surface area (Å²) in [7, 11) is 7.28. The van der Waals surface area contributed by atoms with Crippen molar-refractivity contribution in [2.45, 2.75) is 51.3 Å². The number of halogens is 1. The number of nitrogens with two attached hydrogens (primary N) is 2. The van der Waals surface area contributed by atoms with Gasteiger partial charge in [-0.2, -0.15) is 0 Å². The minimum Gasteiger partial charge on any atom is -0.333 e. The maximum absolute atomic E-state index is 13.8. The van der Waals surface area contributed by atoms with Crippen molar-refractivity contribution >= 4 is 25.0 Å². The van der Waals surface area contributed by atoms with Crippen LogP contribution in [0.4, 0.5) is 4.39 Å². The Hall–Kier alpha value is -3.29. The van der Waals surface area contributed by atoms with Crippen LogP contribution in [-0.4, -0.2) is 37.2 Å². The lowest BCUT2D eigenvalue weighted by Crippen LogP contribution is -2.11. The molecular formula is C30H37BFN5. The third-order valence-electron chi connectivity index (χ3n) is 6.59. The van der Waals surface area contributed by atoms with Crippen molar-refractivity contribution in [3.63, 3.8) is 0 Å². The number of rotatable bonds is 5. The van der Waals surface area contributed by atoms with E-state index in [9.17, 15) is 4.39 Å². The van der Waals surface area contributed by atoms with Gasteiger partial charge < -0.3 is 21.4 Å². The number of hydrogen-bond acceptors (Lipinski definition) is 4. The molecule has 2 aromatic carbocycles. The van der Waals surface area contributed by atoms with Crippen molar-refractivity contribution in [2.24, 2.45) is 11.5 Å². The van der Waals surface area contributed by atoms with Crippen LogP contribution in [0.15, 0.2) is 60.8 Å². The first-order chi connectivity index (χ1) is 18.1. The van der Waals surface area contributed by atoms with Crippen LogP contribution in [0.2, 0.25) is 0 Å². The number of benzene rings is 2. The van der Waals surface area contributed by atoms with E-state index in [1.54, 1.807) is 0 Å². The molecule has 37 heavy (non-hydrogen) atoms. The summed E-state index contributed by atoms with van der Waals surface area (Å²) in [4.78, 5) is 4.57. The molecule has 1 aliphatic rings. The topological polar surface area (TPSA) is 93.7 Å². The molecule has 0 amide bonds. The predicted molar refractivity (Wildman–Crippen MR) is 154 cm³/mol. The average Bonchev–Trinajstić information content (AvgIpc) is 3.30. The normalized spacial score (nSPS) is 13.3. The SMILES string of the molecule is CCN.CN.[B]Cc1ccc(-c2c(C3CCCCC3)n(-c3ccc(F)cc3)c3cc(C=N)ccc23)cn1. The molecule has 5 rings (SSSR count). The summed E-state index contributed by atoms with van der Waals surface area (Å²) in [6, 6.07) is 17.0. The zero-order valence-electron chi connectivity index (χ0n) is 21.9. The highest BCUT2D eigenvalue weighted by atomic mass is 19.1. The summed E-state index contributed by atoms with van der Waals surface area (Å²) >= 11 is 0. The minimum atomic E-state index is -0.244. The number of nitrogens with zero attached hydrogens (tertiary/aromatic N) is 2. The van der Waals surface area contributed by atoms with Crippen molar-refractivity contribution in [2.75, 3.05) is 13.6 Å². The number of pyridine rings is 1. The molecule has 2 radical (unpaired) electrons. The van der Waals surface area contributed by atoms with E-state index >= 15 is 0 Å². The van der Waals surface area contributed by atoms with Gasteiger partial charge in [0, 0.05) is 51.9 Å². The van der Waals surface area contributed by atoms with Crippen LogP contribution in [0.25, 0.3) is 27.7 Å². The fraction of sp³-hybridized carbons (Fsp3) is 0.333. The highest BCUT2D eigenvalue weighted by Gasteiger charge is 2.27. The molecule has 4 aromatic rings. The van der Waals surface area contributed by atoms with Gasteiger partial charge in [0.1, 0.15) is 5.82 Å². The molecule has 5 nitrogen and oxygen atoms in total. The molecule has 0 bridgehead atoms. The lowest BCUT2D eigenvalue weighted by atomic mass is 9.84. The molecule has 7 heteroatoms. The molecular weight excluding hydrogens is 460 g/mol. The van der Waals surface area contributed by atoms with Gasteiger partial charge in [-0.3, -0.25) is 4.98 Å². The molecule has 0 spiro atoms. The Morgan fingerprint density at radius 2 is 1.73 bits per heavy atom. The third kappa shape index (κ3) is 6.35. The van der Waals surface area contributed by atoms with E-state index in [-0.39, 0.29) is 5.82 Å². The Morgan fingerprint density at radius 1 is 1.05 bits per heavy atom. The van der Waals surface area contributed by atoms with Crippen molar-refractivity contribution < 1.29 is 4.39 Å². The third-order valence-corrected chi connectivity index (χ3v) is 6.59. The molecule has 1 saturated carbocycles. The zero-order chi connectivity index (χ0) is 26.8. The lowest BCUT2D eigenvalue weighted by Gasteiger charge is -2.25. The molecule has 0 aliphatic heterocycles. The summed E-state index contributed by atoms with van der Waals surface area (Å²) in [6.45, 7) is 2.65. The largest absolute Gasteiger partial charge is 0.333 e.